The lowest BCUT2D eigenvalue weighted by atomic mass is 10.0. The minimum atomic E-state index is -1.30. The summed E-state index contributed by atoms with van der Waals surface area (Å²) in [7, 11) is 0. The van der Waals surface area contributed by atoms with Gasteiger partial charge in [-0.25, -0.2) is 0 Å². The molecule has 0 aliphatic rings. The molecule has 14 heteroatoms. The number of hydrogen-bond donors (Lipinski definition) is 6. The number of carboxylic acid groups (broad SMARTS) is 5. The predicted octanol–water partition coefficient (Wildman–Crippen LogP) is -1.37. The third-order valence-electron chi connectivity index (χ3n) is 4.85. The van der Waals surface area contributed by atoms with Gasteiger partial charge in [0.2, 0.25) is 0 Å². The van der Waals surface area contributed by atoms with E-state index in [2.05, 4.69) is 0 Å². The third kappa shape index (κ3) is 12.9. The van der Waals surface area contributed by atoms with Crippen molar-refractivity contribution >= 4 is 29.8 Å². The fourth-order valence-electron chi connectivity index (χ4n) is 3.53. The van der Waals surface area contributed by atoms with Crippen molar-refractivity contribution in [2.45, 2.75) is 12.5 Å². The molecule has 1 aromatic rings. The van der Waals surface area contributed by atoms with E-state index in [4.69, 9.17) is 10.2 Å². The van der Waals surface area contributed by atoms with Crippen molar-refractivity contribution in [3.8, 4) is 5.75 Å². The SMILES string of the molecule is O=C(O)CN(CCN(CC(=O)O)CC(Cc1cccc(O)c1)N(CC(=O)O)CC(=O)O)CC(=O)O. The van der Waals surface area contributed by atoms with Crippen LogP contribution in [0.2, 0.25) is 0 Å². The molecule has 1 rings (SSSR count). The fourth-order valence-corrected chi connectivity index (χ4v) is 3.53. The van der Waals surface area contributed by atoms with Crippen molar-refractivity contribution in [2.24, 2.45) is 0 Å². The maximum atomic E-state index is 11.4. The number of nitrogens with zero attached hydrogens (tertiary/aromatic N) is 3. The molecule has 0 aliphatic heterocycles. The number of carbonyl (C=O) groups is 5. The Bertz CT molecular complexity index is 876. The molecule has 1 aromatic carbocycles. The van der Waals surface area contributed by atoms with Crippen LogP contribution in [0.4, 0.5) is 0 Å². The van der Waals surface area contributed by atoms with E-state index in [9.17, 15) is 44.4 Å². The third-order valence-corrected chi connectivity index (χ3v) is 4.85. The van der Waals surface area contributed by atoms with E-state index < -0.39 is 68.6 Å². The van der Waals surface area contributed by atoms with Gasteiger partial charge in [0.25, 0.3) is 0 Å². The summed E-state index contributed by atoms with van der Waals surface area (Å²) in [6, 6.07) is 5.19. The molecule has 35 heavy (non-hydrogen) atoms. The first kappa shape index (κ1) is 29.3. The lowest BCUT2D eigenvalue weighted by molar-refractivity contribution is -0.144. The number of phenolic OH excluding ortho intramolecular Hbond substituents is 1. The van der Waals surface area contributed by atoms with Gasteiger partial charge in [0.1, 0.15) is 5.75 Å². The van der Waals surface area contributed by atoms with Crippen LogP contribution in [-0.4, -0.2) is 134 Å². The van der Waals surface area contributed by atoms with Crippen LogP contribution < -0.4 is 0 Å². The number of benzene rings is 1. The normalized spacial score (nSPS) is 12.1. The number of hydrogen-bond acceptors (Lipinski definition) is 9. The molecule has 0 radical (unpaired) electrons. The maximum absolute atomic E-state index is 11.4. The van der Waals surface area contributed by atoms with E-state index in [0.717, 1.165) is 9.80 Å². The van der Waals surface area contributed by atoms with Gasteiger partial charge in [-0.3, -0.25) is 38.7 Å². The van der Waals surface area contributed by atoms with Crippen molar-refractivity contribution < 1.29 is 54.6 Å². The summed E-state index contributed by atoms with van der Waals surface area (Å²) in [4.78, 5) is 59.9. The number of aromatic hydroxyl groups is 1. The highest BCUT2D eigenvalue weighted by molar-refractivity contribution is 5.73. The Balaban J connectivity index is 3.19. The molecule has 0 saturated carbocycles. The molecule has 0 aliphatic carbocycles. The molecule has 1 unspecified atom stereocenters. The van der Waals surface area contributed by atoms with E-state index in [1.165, 1.54) is 17.0 Å². The van der Waals surface area contributed by atoms with Crippen molar-refractivity contribution in [3.05, 3.63) is 29.8 Å². The minimum absolute atomic E-state index is 0.0651. The van der Waals surface area contributed by atoms with Gasteiger partial charge in [-0.15, -0.1) is 0 Å². The molecule has 194 valence electrons. The molecule has 6 N–H and O–H groups in total. The smallest absolute Gasteiger partial charge is 0.317 e. The summed E-state index contributed by atoms with van der Waals surface area (Å²) >= 11 is 0. The lowest BCUT2D eigenvalue weighted by Gasteiger charge is -2.34. The van der Waals surface area contributed by atoms with E-state index in [1.807, 2.05) is 0 Å². The largest absolute Gasteiger partial charge is 0.508 e. The second kappa shape index (κ2) is 14.5. The predicted molar refractivity (Wildman–Crippen MR) is 118 cm³/mol. The molecule has 0 fully saturated rings. The Kier molecular flexibility index (Phi) is 12.1. The summed E-state index contributed by atoms with van der Waals surface area (Å²) in [5, 5.41) is 55.6. The summed E-state index contributed by atoms with van der Waals surface area (Å²) in [6.07, 6.45) is 0.0685. The van der Waals surface area contributed by atoms with Crippen LogP contribution in [0.15, 0.2) is 24.3 Å². The molecular weight excluding hydrogens is 470 g/mol. The highest BCUT2D eigenvalue weighted by Crippen LogP contribution is 2.16. The first-order chi connectivity index (χ1) is 16.3. The number of carboxylic acids is 5. The number of aliphatic carboxylic acids is 5. The number of phenols is 1. The van der Waals surface area contributed by atoms with Gasteiger partial charge in [-0.05, 0) is 24.1 Å². The van der Waals surface area contributed by atoms with Crippen LogP contribution in [0.25, 0.3) is 0 Å². The first-order valence-electron chi connectivity index (χ1n) is 10.4. The molecular formula is C21H29N3O11. The van der Waals surface area contributed by atoms with Gasteiger partial charge in [0, 0.05) is 25.7 Å². The highest BCUT2D eigenvalue weighted by Gasteiger charge is 2.27. The Labute approximate surface area is 200 Å². The number of rotatable bonds is 18. The molecule has 0 saturated heterocycles. The first-order valence-corrected chi connectivity index (χ1v) is 10.4. The summed E-state index contributed by atoms with van der Waals surface area (Å²) in [5.41, 5.74) is 0.546. The van der Waals surface area contributed by atoms with Gasteiger partial charge in [-0.2, -0.15) is 0 Å². The van der Waals surface area contributed by atoms with E-state index >= 15 is 0 Å². The monoisotopic (exact) mass is 499 g/mol. The van der Waals surface area contributed by atoms with Gasteiger partial charge in [0.05, 0.1) is 32.7 Å². The Morgan fingerprint density at radius 1 is 0.686 bits per heavy atom. The summed E-state index contributed by atoms with van der Waals surface area (Å²) < 4.78 is 0. The molecule has 0 heterocycles. The second-order valence-electron chi connectivity index (χ2n) is 7.85. The van der Waals surface area contributed by atoms with Crippen molar-refractivity contribution in [1.82, 2.24) is 14.7 Å². The molecule has 0 spiro atoms. The van der Waals surface area contributed by atoms with E-state index in [0.29, 0.717) is 5.56 Å². The summed E-state index contributed by atoms with van der Waals surface area (Å²) in [5.74, 6) is -6.45. The van der Waals surface area contributed by atoms with E-state index in [1.54, 1.807) is 12.1 Å². The quantitative estimate of drug-likeness (QED) is 0.137. The standard InChI is InChI=1S/C21H29N3O11/c25-16-3-1-2-14(7-16)6-15(24(12-20(32)33)13-21(34)35)8-22(9-17(26)27)4-5-23(10-18(28)29)11-19(30)31/h1-3,7,15,25H,4-6,8-13H2,(H,26,27)(H,28,29)(H,30,31)(H,32,33)(H,34,35). The minimum Gasteiger partial charge on any atom is -0.508 e. The van der Waals surface area contributed by atoms with Crippen LogP contribution in [0.5, 0.6) is 5.75 Å². The Morgan fingerprint density at radius 2 is 1.14 bits per heavy atom. The Morgan fingerprint density at radius 3 is 1.60 bits per heavy atom. The van der Waals surface area contributed by atoms with Crippen LogP contribution in [0, 0.1) is 0 Å². The van der Waals surface area contributed by atoms with Gasteiger partial charge in [0.15, 0.2) is 0 Å². The van der Waals surface area contributed by atoms with E-state index in [-0.39, 0.29) is 31.8 Å². The summed E-state index contributed by atoms with van der Waals surface area (Å²) in [6.45, 7) is -3.37. The molecule has 0 amide bonds. The van der Waals surface area contributed by atoms with Crippen LogP contribution in [-0.2, 0) is 30.4 Å². The average Bonchev–Trinajstić information content (AvgIpc) is 2.69. The van der Waals surface area contributed by atoms with Gasteiger partial charge >= 0.3 is 29.8 Å². The zero-order chi connectivity index (χ0) is 26.5. The molecule has 0 bridgehead atoms. The van der Waals surface area contributed by atoms with Crippen LogP contribution in [0.3, 0.4) is 0 Å². The van der Waals surface area contributed by atoms with Crippen LogP contribution in [0.1, 0.15) is 5.56 Å². The maximum Gasteiger partial charge on any atom is 0.317 e. The highest BCUT2D eigenvalue weighted by atomic mass is 16.4. The molecule has 1 atom stereocenters. The Hall–Kier alpha value is -3.75. The molecule has 0 aromatic heterocycles. The van der Waals surface area contributed by atoms with Crippen molar-refractivity contribution in [2.75, 3.05) is 52.4 Å². The van der Waals surface area contributed by atoms with Crippen LogP contribution >= 0.6 is 0 Å². The topological polar surface area (TPSA) is 216 Å². The van der Waals surface area contributed by atoms with Crippen molar-refractivity contribution in [3.63, 3.8) is 0 Å². The lowest BCUT2D eigenvalue weighted by Crippen LogP contribution is -2.51. The van der Waals surface area contributed by atoms with Crippen molar-refractivity contribution in [1.29, 1.82) is 0 Å². The second-order valence-corrected chi connectivity index (χ2v) is 7.85. The fraction of sp³-hybridized carbons (Fsp3) is 0.476. The van der Waals surface area contributed by atoms with Gasteiger partial charge < -0.3 is 30.6 Å². The van der Waals surface area contributed by atoms with Gasteiger partial charge in [-0.1, -0.05) is 12.1 Å². The zero-order valence-electron chi connectivity index (χ0n) is 18.8. The average molecular weight is 499 g/mol. The molecule has 14 nitrogen and oxygen atoms in total. The zero-order valence-corrected chi connectivity index (χ0v) is 18.8.